The van der Waals surface area contributed by atoms with E-state index in [1.54, 1.807) is 24.3 Å². The molecule has 0 aliphatic carbocycles. The summed E-state index contributed by atoms with van der Waals surface area (Å²) in [6.07, 6.45) is 0. The molecule has 0 aliphatic rings. The van der Waals surface area contributed by atoms with Gasteiger partial charge in [0.05, 0.1) is 11.3 Å². The number of halogens is 2. The van der Waals surface area contributed by atoms with E-state index < -0.39 is 17.5 Å². The first-order valence-corrected chi connectivity index (χ1v) is 5.97. The molecule has 1 N–H and O–H groups in total. The largest absolute Gasteiger partial charge is 0.477 e. The first kappa shape index (κ1) is 14.5. The van der Waals surface area contributed by atoms with Crippen molar-refractivity contribution < 1.29 is 18.3 Å². The average Bonchev–Trinajstić information content (AvgIpc) is 2.46. The zero-order chi connectivity index (χ0) is 15.2. The fourth-order valence-corrected chi connectivity index (χ4v) is 1.67. The molecule has 0 radical (unpaired) electrons. The van der Waals surface area contributed by atoms with Crippen LogP contribution in [0.15, 0.2) is 42.5 Å². The molecule has 6 heteroatoms. The first-order valence-electron chi connectivity index (χ1n) is 5.97. The molecule has 0 bridgehead atoms. The lowest BCUT2D eigenvalue weighted by Crippen LogP contribution is -2.14. The van der Waals surface area contributed by atoms with E-state index >= 15 is 0 Å². The van der Waals surface area contributed by atoms with Gasteiger partial charge in [0.15, 0.2) is 6.61 Å². The molecule has 106 valence electrons. The lowest BCUT2D eigenvalue weighted by molar-refractivity contribution is 0.102. The molecule has 0 aliphatic heterocycles. The molecule has 0 heterocycles. The summed E-state index contributed by atoms with van der Waals surface area (Å²) in [5.74, 6) is -2.17. The highest BCUT2D eigenvalue weighted by atomic mass is 19.1. The number of nitriles is 1. The third-order valence-corrected chi connectivity index (χ3v) is 2.60. The van der Waals surface area contributed by atoms with Crippen LogP contribution in [0.25, 0.3) is 0 Å². The van der Waals surface area contributed by atoms with Crippen LogP contribution in [0.4, 0.5) is 14.5 Å². The third kappa shape index (κ3) is 3.54. The minimum absolute atomic E-state index is 0.183. The van der Waals surface area contributed by atoms with Gasteiger partial charge in [-0.15, -0.1) is 0 Å². The summed E-state index contributed by atoms with van der Waals surface area (Å²) in [5, 5.41) is 11.0. The van der Waals surface area contributed by atoms with Crippen molar-refractivity contribution in [3.8, 4) is 11.8 Å². The Kier molecular flexibility index (Phi) is 4.46. The summed E-state index contributed by atoms with van der Waals surface area (Å²) in [6, 6.07) is 10.9. The summed E-state index contributed by atoms with van der Waals surface area (Å²) in [4.78, 5) is 12.0. The highest BCUT2D eigenvalue weighted by Crippen LogP contribution is 2.24. The summed E-state index contributed by atoms with van der Waals surface area (Å²) in [7, 11) is 0. The van der Waals surface area contributed by atoms with E-state index in [0.717, 1.165) is 12.1 Å². The molecule has 4 nitrogen and oxygen atoms in total. The van der Waals surface area contributed by atoms with Crippen LogP contribution in [0.5, 0.6) is 5.75 Å². The number of nitrogens with zero attached hydrogens (tertiary/aromatic N) is 1. The molecule has 0 fully saturated rings. The molecule has 2 aromatic rings. The van der Waals surface area contributed by atoms with Crippen LogP contribution in [0.3, 0.4) is 0 Å². The highest BCUT2D eigenvalue weighted by Gasteiger charge is 2.14. The lowest BCUT2D eigenvalue weighted by Gasteiger charge is -2.11. The molecular weight excluding hydrogens is 278 g/mol. The van der Waals surface area contributed by atoms with Crippen molar-refractivity contribution in [3.63, 3.8) is 0 Å². The van der Waals surface area contributed by atoms with Crippen LogP contribution in [0.1, 0.15) is 10.4 Å². The van der Waals surface area contributed by atoms with E-state index in [0.29, 0.717) is 11.8 Å². The van der Waals surface area contributed by atoms with Crippen molar-refractivity contribution in [2.45, 2.75) is 0 Å². The monoisotopic (exact) mass is 288 g/mol. The number of benzene rings is 2. The van der Waals surface area contributed by atoms with Crippen molar-refractivity contribution in [3.05, 3.63) is 59.7 Å². The van der Waals surface area contributed by atoms with Crippen molar-refractivity contribution in [2.75, 3.05) is 11.9 Å². The maximum Gasteiger partial charge on any atom is 0.258 e. The third-order valence-electron chi connectivity index (χ3n) is 2.60. The fourth-order valence-electron chi connectivity index (χ4n) is 1.67. The fraction of sp³-hybridized carbons (Fsp3) is 0.0667. The maximum absolute atomic E-state index is 13.5. The van der Waals surface area contributed by atoms with Gasteiger partial charge in [-0.2, -0.15) is 5.26 Å². The van der Waals surface area contributed by atoms with Gasteiger partial charge in [-0.3, -0.25) is 4.79 Å². The van der Waals surface area contributed by atoms with Crippen LogP contribution >= 0.6 is 0 Å². The Labute approximate surface area is 119 Å². The Balaban J connectivity index is 2.22. The topological polar surface area (TPSA) is 62.1 Å². The predicted molar refractivity (Wildman–Crippen MR) is 71.9 cm³/mol. The number of anilines is 1. The first-order chi connectivity index (χ1) is 10.1. The molecule has 0 saturated heterocycles. The number of ether oxygens (including phenoxy) is 1. The number of hydrogen-bond acceptors (Lipinski definition) is 3. The molecule has 2 rings (SSSR count). The smallest absolute Gasteiger partial charge is 0.258 e. The number of nitrogens with one attached hydrogen (secondary N) is 1. The van der Waals surface area contributed by atoms with Crippen LogP contribution in [-0.4, -0.2) is 12.5 Å². The van der Waals surface area contributed by atoms with Gasteiger partial charge in [-0.1, -0.05) is 12.1 Å². The molecular formula is C15H10F2N2O2. The van der Waals surface area contributed by atoms with Crippen LogP contribution in [-0.2, 0) is 0 Å². The van der Waals surface area contributed by atoms with E-state index in [9.17, 15) is 13.6 Å². The van der Waals surface area contributed by atoms with Crippen LogP contribution in [0, 0.1) is 23.0 Å². The molecule has 0 spiro atoms. The van der Waals surface area contributed by atoms with Crippen molar-refractivity contribution in [1.82, 2.24) is 0 Å². The number of amides is 1. The van der Waals surface area contributed by atoms with Gasteiger partial charge >= 0.3 is 0 Å². The molecule has 0 atom stereocenters. The summed E-state index contributed by atoms with van der Waals surface area (Å²) >= 11 is 0. The minimum atomic E-state index is -0.956. The van der Waals surface area contributed by atoms with Gasteiger partial charge in [0.2, 0.25) is 0 Å². The second kappa shape index (κ2) is 6.48. The van der Waals surface area contributed by atoms with E-state index in [1.807, 2.05) is 6.07 Å². The normalized spacial score (nSPS) is 9.76. The van der Waals surface area contributed by atoms with Gasteiger partial charge in [0, 0.05) is 6.07 Å². The van der Waals surface area contributed by atoms with Crippen LogP contribution in [0.2, 0.25) is 0 Å². The van der Waals surface area contributed by atoms with Crippen molar-refractivity contribution in [2.24, 2.45) is 0 Å². The number of carbonyl (C=O) groups excluding carboxylic acids is 1. The molecule has 21 heavy (non-hydrogen) atoms. The summed E-state index contributed by atoms with van der Waals surface area (Å²) in [6.45, 7) is -0.183. The van der Waals surface area contributed by atoms with Gasteiger partial charge in [-0.25, -0.2) is 8.78 Å². The van der Waals surface area contributed by atoms with E-state index in [4.69, 9.17) is 10.00 Å². The summed E-state index contributed by atoms with van der Waals surface area (Å²) in [5.41, 5.74) is 0.00737. The highest BCUT2D eigenvalue weighted by molar-refractivity contribution is 6.05. The van der Waals surface area contributed by atoms with Gasteiger partial charge in [0.25, 0.3) is 5.91 Å². The maximum atomic E-state index is 13.5. The Hall–Kier alpha value is -2.94. The second-order valence-electron chi connectivity index (χ2n) is 4.02. The van der Waals surface area contributed by atoms with E-state index in [1.165, 1.54) is 0 Å². The zero-order valence-corrected chi connectivity index (χ0v) is 10.8. The second-order valence-corrected chi connectivity index (χ2v) is 4.02. The minimum Gasteiger partial charge on any atom is -0.477 e. The molecule has 0 saturated carbocycles. The quantitative estimate of drug-likeness (QED) is 0.940. The molecule has 0 aromatic heterocycles. The Morgan fingerprint density at radius 2 is 2.00 bits per heavy atom. The predicted octanol–water partition coefficient (Wildman–Crippen LogP) is 3.12. The standard InChI is InChI=1S/C15H10F2N2O2/c16-10-5-6-11(12(17)9-10)15(20)19-13-3-1-2-4-14(13)21-8-7-18/h1-6,9H,8H2,(H,19,20). The Bertz CT molecular complexity index is 711. The van der Waals surface area contributed by atoms with Gasteiger partial charge in [0.1, 0.15) is 23.5 Å². The van der Waals surface area contributed by atoms with E-state index in [2.05, 4.69) is 5.32 Å². The van der Waals surface area contributed by atoms with Crippen LogP contribution < -0.4 is 10.1 Å². The Morgan fingerprint density at radius 1 is 1.24 bits per heavy atom. The van der Waals surface area contributed by atoms with Gasteiger partial charge < -0.3 is 10.1 Å². The molecule has 1 amide bonds. The Morgan fingerprint density at radius 3 is 2.71 bits per heavy atom. The van der Waals surface area contributed by atoms with E-state index in [-0.39, 0.29) is 17.9 Å². The molecule has 0 unspecified atom stereocenters. The SMILES string of the molecule is N#CCOc1ccccc1NC(=O)c1ccc(F)cc1F. The number of rotatable bonds is 4. The number of hydrogen-bond donors (Lipinski definition) is 1. The lowest BCUT2D eigenvalue weighted by atomic mass is 10.2. The number of carbonyl (C=O) groups is 1. The van der Waals surface area contributed by atoms with Gasteiger partial charge in [-0.05, 0) is 24.3 Å². The summed E-state index contributed by atoms with van der Waals surface area (Å²) < 4.78 is 31.5. The van der Waals surface area contributed by atoms with Crippen molar-refractivity contribution >= 4 is 11.6 Å². The number of para-hydroxylation sites is 2. The molecule has 2 aromatic carbocycles. The van der Waals surface area contributed by atoms with Crippen molar-refractivity contribution in [1.29, 1.82) is 5.26 Å². The average molecular weight is 288 g/mol. The zero-order valence-electron chi connectivity index (χ0n) is 10.8.